The van der Waals surface area contributed by atoms with Gasteiger partial charge in [0, 0.05) is 25.3 Å². The van der Waals surface area contributed by atoms with Gasteiger partial charge in [-0.25, -0.2) is 4.98 Å². The Morgan fingerprint density at radius 2 is 2.16 bits per heavy atom. The van der Waals surface area contributed by atoms with Crippen molar-refractivity contribution in [2.24, 2.45) is 0 Å². The summed E-state index contributed by atoms with van der Waals surface area (Å²) in [7, 11) is 0. The summed E-state index contributed by atoms with van der Waals surface area (Å²) in [6, 6.07) is 10.2. The summed E-state index contributed by atoms with van der Waals surface area (Å²) in [6.45, 7) is 2.74. The fourth-order valence-electron chi connectivity index (χ4n) is 2.53. The SMILES string of the molecule is CC[C@H](CNC(=O)CCc1nc(-c2ncn[nH]2)no1)c1ccccc1. The molecule has 2 aromatic heterocycles. The Morgan fingerprint density at radius 1 is 1.32 bits per heavy atom. The molecule has 0 unspecified atom stereocenters. The molecule has 25 heavy (non-hydrogen) atoms. The molecule has 0 saturated carbocycles. The first-order valence-electron chi connectivity index (χ1n) is 8.26. The first-order chi connectivity index (χ1) is 12.3. The zero-order chi connectivity index (χ0) is 17.5. The topological polar surface area (TPSA) is 110 Å². The van der Waals surface area contributed by atoms with Gasteiger partial charge in [-0.2, -0.15) is 10.1 Å². The van der Waals surface area contributed by atoms with E-state index < -0.39 is 0 Å². The Balaban J connectivity index is 1.46. The number of nitrogens with zero attached hydrogens (tertiary/aromatic N) is 4. The van der Waals surface area contributed by atoms with Gasteiger partial charge in [-0.1, -0.05) is 42.4 Å². The van der Waals surface area contributed by atoms with Crippen molar-refractivity contribution in [1.82, 2.24) is 30.6 Å². The summed E-state index contributed by atoms with van der Waals surface area (Å²) in [5, 5.41) is 13.2. The van der Waals surface area contributed by atoms with Crippen LogP contribution in [0, 0.1) is 0 Å². The van der Waals surface area contributed by atoms with Crippen molar-refractivity contribution in [3.8, 4) is 11.6 Å². The van der Waals surface area contributed by atoms with Crippen LogP contribution in [-0.2, 0) is 11.2 Å². The largest absolute Gasteiger partial charge is 0.355 e. The third-order valence-electron chi connectivity index (χ3n) is 3.97. The van der Waals surface area contributed by atoms with E-state index in [1.165, 1.54) is 11.9 Å². The summed E-state index contributed by atoms with van der Waals surface area (Å²) in [5.41, 5.74) is 1.24. The van der Waals surface area contributed by atoms with Crippen LogP contribution in [-0.4, -0.2) is 37.8 Å². The number of aryl methyl sites for hydroxylation is 1. The van der Waals surface area contributed by atoms with E-state index in [4.69, 9.17) is 4.52 Å². The molecule has 0 aliphatic rings. The zero-order valence-corrected chi connectivity index (χ0v) is 14.0. The van der Waals surface area contributed by atoms with Crippen LogP contribution in [0.25, 0.3) is 11.6 Å². The number of hydrogen-bond donors (Lipinski definition) is 2. The van der Waals surface area contributed by atoms with Crippen LogP contribution in [0.15, 0.2) is 41.2 Å². The maximum Gasteiger partial charge on any atom is 0.239 e. The van der Waals surface area contributed by atoms with Crippen molar-refractivity contribution in [3.05, 3.63) is 48.1 Å². The van der Waals surface area contributed by atoms with E-state index in [0.29, 0.717) is 42.8 Å². The summed E-state index contributed by atoms with van der Waals surface area (Å²) in [4.78, 5) is 20.2. The maximum atomic E-state index is 12.1. The van der Waals surface area contributed by atoms with Gasteiger partial charge in [-0.15, -0.1) is 0 Å². The van der Waals surface area contributed by atoms with Crippen molar-refractivity contribution in [2.45, 2.75) is 32.1 Å². The number of carbonyl (C=O) groups excluding carboxylic acids is 1. The third-order valence-corrected chi connectivity index (χ3v) is 3.97. The van der Waals surface area contributed by atoms with Crippen molar-refractivity contribution < 1.29 is 9.32 Å². The van der Waals surface area contributed by atoms with E-state index >= 15 is 0 Å². The normalized spacial score (nSPS) is 12.0. The molecule has 0 saturated heterocycles. The molecule has 8 nitrogen and oxygen atoms in total. The van der Waals surface area contributed by atoms with Crippen molar-refractivity contribution in [1.29, 1.82) is 0 Å². The predicted molar refractivity (Wildman–Crippen MR) is 90.5 cm³/mol. The van der Waals surface area contributed by atoms with Crippen LogP contribution in [0.4, 0.5) is 0 Å². The van der Waals surface area contributed by atoms with E-state index in [1.807, 2.05) is 18.2 Å². The Morgan fingerprint density at radius 3 is 2.88 bits per heavy atom. The molecule has 0 fully saturated rings. The molecular weight excluding hydrogens is 320 g/mol. The minimum atomic E-state index is -0.0335. The third kappa shape index (κ3) is 4.50. The van der Waals surface area contributed by atoms with Gasteiger partial charge in [0.15, 0.2) is 5.82 Å². The lowest BCUT2D eigenvalue weighted by Gasteiger charge is -2.16. The van der Waals surface area contributed by atoms with Crippen molar-refractivity contribution in [2.75, 3.05) is 6.54 Å². The molecule has 2 N–H and O–H groups in total. The van der Waals surface area contributed by atoms with E-state index in [1.54, 1.807) is 0 Å². The molecule has 8 heteroatoms. The summed E-state index contributed by atoms with van der Waals surface area (Å²) < 4.78 is 5.13. The fourth-order valence-corrected chi connectivity index (χ4v) is 2.53. The molecule has 2 heterocycles. The monoisotopic (exact) mass is 340 g/mol. The van der Waals surface area contributed by atoms with Gasteiger partial charge in [0.2, 0.25) is 17.6 Å². The molecular formula is C17H20N6O2. The summed E-state index contributed by atoms with van der Waals surface area (Å²) in [6.07, 6.45) is 3.02. The highest BCUT2D eigenvalue weighted by Crippen LogP contribution is 2.18. The highest BCUT2D eigenvalue weighted by atomic mass is 16.5. The molecule has 0 aliphatic heterocycles. The second-order valence-electron chi connectivity index (χ2n) is 5.67. The molecule has 1 amide bonds. The van der Waals surface area contributed by atoms with Gasteiger partial charge in [0.1, 0.15) is 6.33 Å². The molecule has 130 valence electrons. The number of H-pyrrole nitrogens is 1. The summed E-state index contributed by atoms with van der Waals surface area (Å²) in [5.74, 6) is 1.45. The number of carbonyl (C=O) groups is 1. The number of hydrogen-bond acceptors (Lipinski definition) is 6. The molecule has 1 aromatic carbocycles. The molecule has 0 spiro atoms. The zero-order valence-electron chi connectivity index (χ0n) is 14.0. The molecule has 0 aliphatic carbocycles. The Kier molecular flexibility index (Phi) is 5.50. The lowest BCUT2D eigenvalue weighted by Crippen LogP contribution is -2.28. The van der Waals surface area contributed by atoms with Crippen LogP contribution in [0.5, 0.6) is 0 Å². The number of aromatic nitrogens is 5. The second-order valence-corrected chi connectivity index (χ2v) is 5.67. The highest BCUT2D eigenvalue weighted by Gasteiger charge is 2.14. The van der Waals surface area contributed by atoms with Crippen LogP contribution >= 0.6 is 0 Å². The number of amides is 1. The van der Waals surface area contributed by atoms with Crippen LogP contribution < -0.4 is 5.32 Å². The molecule has 3 rings (SSSR count). The quantitative estimate of drug-likeness (QED) is 0.650. The lowest BCUT2D eigenvalue weighted by atomic mass is 9.96. The minimum absolute atomic E-state index is 0.0335. The highest BCUT2D eigenvalue weighted by molar-refractivity contribution is 5.76. The summed E-state index contributed by atoms with van der Waals surface area (Å²) >= 11 is 0. The van der Waals surface area contributed by atoms with Crippen molar-refractivity contribution >= 4 is 5.91 Å². The van der Waals surface area contributed by atoms with Gasteiger partial charge in [-0.3, -0.25) is 9.89 Å². The first kappa shape index (κ1) is 16.8. The first-order valence-corrected chi connectivity index (χ1v) is 8.26. The molecule has 1 atom stereocenters. The molecule has 0 radical (unpaired) electrons. The van der Waals surface area contributed by atoms with E-state index in [2.05, 4.69) is 49.7 Å². The Hall–Kier alpha value is -3.03. The number of benzene rings is 1. The van der Waals surface area contributed by atoms with Gasteiger partial charge in [-0.05, 0) is 12.0 Å². The number of nitrogens with one attached hydrogen (secondary N) is 2. The minimum Gasteiger partial charge on any atom is -0.355 e. The van der Waals surface area contributed by atoms with Crippen LogP contribution in [0.3, 0.4) is 0 Å². The Labute approximate surface area is 145 Å². The molecule has 3 aromatic rings. The van der Waals surface area contributed by atoms with E-state index in [9.17, 15) is 4.79 Å². The van der Waals surface area contributed by atoms with Gasteiger partial charge >= 0.3 is 0 Å². The van der Waals surface area contributed by atoms with Crippen molar-refractivity contribution in [3.63, 3.8) is 0 Å². The lowest BCUT2D eigenvalue weighted by molar-refractivity contribution is -0.121. The molecule has 0 bridgehead atoms. The fraction of sp³-hybridized carbons (Fsp3) is 0.353. The van der Waals surface area contributed by atoms with Crippen LogP contribution in [0.2, 0.25) is 0 Å². The smallest absolute Gasteiger partial charge is 0.239 e. The van der Waals surface area contributed by atoms with E-state index in [0.717, 1.165) is 6.42 Å². The second kappa shape index (κ2) is 8.18. The van der Waals surface area contributed by atoms with Gasteiger partial charge < -0.3 is 9.84 Å². The predicted octanol–water partition coefficient (Wildman–Crippen LogP) is 2.10. The van der Waals surface area contributed by atoms with E-state index in [-0.39, 0.29) is 5.91 Å². The number of aromatic amines is 1. The Bertz CT molecular complexity index is 785. The van der Waals surface area contributed by atoms with Gasteiger partial charge in [0.05, 0.1) is 0 Å². The van der Waals surface area contributed by atoms with Crippen LogP contribution in [0.1, 0.15) is 37.1 Å². The average molecular weight is 340 g/mol. The van der Waals surface area contributed by atoms with Gasteiger partial charge in [0.25, 0.3) is 0 Å². The maximum absolute atomic E-state index is 12.1. The number of rotatable bonds is 8. The average Bonchev–Trinajstić information content (AvgIpc) is 3.33. The standard InChI is InChI=1S/C17H20N6O2/c1-2-12(13-6-4-3-5-7-13)10-18-14(24)8-9-15-21-17(23-25-15)16-19-11-20-22-16/h3-7,11-12H,2,8-10H2,1H3,(H,18,24)(H,19,20,22)/t12-/m1/s1.